The van der Waals surface area contributed by atoms with E-state index >= 15 is 0 Å². The fourth-order valence-electron chi connectivity index (χ4n) is 2.40. The molecule has 0 fully saturated rings. The van der Waals surface area contributed by atoms with E-state index in [0.717, 1.165) is 17.7 Å². The molecule has 3 rings (SSSR count). The van der Waals surface area contributed by atoms with E-state index in [9.17, 15) is 0 Å². The van der Waals surface area contributed by atoms with Gasteiger partial charge >= 0.3 is 0 Å². The number of rotatable bonds is 6. The van der Waals surface area contributed by atoms with Crippen LogP contribution in [0.15, 0.2) is 41.2 Å². The topological polar surface area (TPSA) is 68.8 Å². The monoisotopic (exact) mass is 311 g/mol. The van der Waals surface area contributed by atoms with E-state index in [4.69, 9.17) is 4.52 Å². The third kappa shape index (κ3) is 4.04. The van der Waals surface area contributed by atoms with E-state index in [2.05, 4.69) is 27.5 Å². The van der Waals surface area contributed by atoms with Crippen molar-refractivity contribution in [3.8, 4) is 11.4 Å². The molecule has 1 aromatic carbocycles. The van der Waals surface area contributed by atoms with Crippen molar-refractivity contribution >= 4 is 0 Å². The predicted molar refractivity (Wildman–Crippen MR) is 87.7 cm³/mol. The van der Waals surface area contributed by atoms with Gasteiger partial charge in [0.2, 0.25) is 11.7 Å². The Morgan fingerprint density at radius 1 is 1.26 bits per heavy atom. The molecule has 3 aromatic rings. The summed E-state index contributed by atoms with van der Waals surface area (Å²) >= 11 is 0. The fourth-order valence-corrected chi connectivity index (χ4v) is 2.40. The zero-order valence-corrected chi connectivity index (χ0v) is 13.7. The van der Waals surface area contributed by atoms with E-state index in [1.807, 2.05) is 55.2 Å². The van der Waals surface area contributed by atoms with Crippen LogP contribution in [0.5, 0.6) is 0 Å². The summed E-state index contributed by atoms with van der Waals surface area (Å²) in [5.74, 6) is 1.21. The molecule has 6 heteroatoms. The van der Waals surface area contributed by atoms with E-state index in [1.54, 1.807) is 0 Å². The zero-order valence-electron chi connectivity index (χ0n) is 13.7. The second kappa shape index (κ2) is 6.75. The van der Waals surface area contributed by atoms with Gasteiger partial charge in [0, 0.05) is 17.8 Å². The van der Waals surface area contributed by atoms with Gasteiger partial charge in [0.1, 0.15) is 0 Å². The smallest absolute Gasteiger partial charge is 0.240 e. The fraction of sp³-hybridized carbons (Fsp3) is 0.353. The summed E-state index contributed by atoms with van der Waals surface area (Å²) in [4.78, 5) is 4.44. The highest BCUT2D eigenvalue weighted by Gasteiger charge is 2.10. The molecule has 0 amide bonds. The number of hydrogen-bond donors (Lipinski definition) is 1. The average Bonchev–Trinajstić information content (AvgIpc) is 3.14. The first-order chi connectivity index (χ1) is 11.1. The minimum absolute atomic E-state index is 0.253. The Labute approximate surface area is 135 Å². The Balaban J connectivity index is 1.56. The van der Waals surface area contributed by atoms with Gasteiger partial charge in [-0.2, -0.15) is 10.1 Å². The van der Waals surface area contributed by atoms with E-state index < -0.39 is 0 Å². The molecule has 0 bridgehead atoms. The van der Waals surface area contributed by atoms with Crippen molar-refractivity contribution in [2.45, 2.75) is 39.9 Å². The Morgan fingerprint density at radius 2 is 2.13 bits per heavy atom. The standard InChI is InChI=1S/C17H21N5O/c1-12-5-4-6-15(7-12)17-20-16(23-21-17)9-18-14(3)11-22-10-13(2)8-19-22/h4-8,10,14,18H,9,11H2,1-3H3/t14-/m1/s1. The highest BCUT2D eigenvalue weighted by atomic mass is 16.5. The van der Waals surface area contributed by atoms with Gasteiger partial charge in [0.25, 0.3) is 0 Å². The van der Waals surface area contributed by atoms with Crippen molar-refractivity contribution in [2.75, 3.05) is 0 Å². The number of nitrogens with zero attached hydrogens (tertiary/aromatic N) is 4. The third-order valence-corrected chi connectivity index (χ3v) is 3.57. The van der Waals surface area contributed by atoms with Gasteiger partial charge < -0.3 is 9.84 Å². The summed E-state index contributed by atoms with van der Waals surface area (Å²) in [6.07, 6.45) is 3.89. The summed E-state index contributed by atoms with van der Waals surface area (Å²) in [6, 6.07) is 8.32. The number of nitrogens with one attached hydrogen (secondary N) is 1. The van der Waals surface area contributed by atoms with Crippen LogP contribution >= 0.6 is 0 Å². The lowest BCUT2D eigenvalue weighted by Gasteiger charge is -2.11. The molecule has 0 aliphatic heterocycles. The Morgan fingerprint density at radius 3 is 2.87 bits per heavy atom. The van der Waals surface area contributed by atoms with Crippen molar-refractivity contribution < 1.29 is 4.52 Å². The Kier molecular flexibility index (Phi) is 4.52. The van der Waals surface area contributed by atoms with Crippen molar-refractivity contribution in [3.05, 3.63) is 53.7 Å². The van der Waals surface area contributed by atoms with Gasteiger partial charge in [0.15, 0.2) is 0 Å². The highest BCUT2D eigenvalue weighted by Crippen LogP contribution is 2.16. The predicted octanol–water partition coefficient (Wildman–Crippen LogP) is 2.73. The molecule has 120 valence electrons. The summed E-state index contributed by atoms with van der Waals surface area (Å²) in [5, 5.41) is 11.7. The van der Waals surface area contributed by atoms with Gasteiger partial charge in [-0.25, -0.2) is 0 Å². The molecular weight excluding hydrogens is 290 g/mol. The summed E-state index contributed by atoms with van der Waals surface area (Å²) in [7, 11) is 0. The van der Waals surface area contributed by atoms with Crippen molar-refractivity contribution in [1.82, 2.24) is 25.2 Å². The molecule has 1 atom stereocenters. The maximum atomic E-state index is 5.32. The van der Waals surface area contributed by atoms with E-state index in [1.165, 1.54) is 5.56 Å². The highest BCUT2D eigenvalue weighted by molar-refractivity contribution is 5.55. The molecule has 6 nitrogen and oxygen atoms in total. The largest absolute Gasteiger partial charge is 0.338 e. The van der Waals surface area contributed by atoms with Crippen LogP contribution in [0.3, 0.4) is 0 Å². The first-order valence-electron chi connectivity index (χ1n) is 7.72. The second-order valence-corrected chi connectivity index (χ2v) is 5.90. The van der Waals surface area contributed by atoms with E-state index in [-0.39, 0.29) is 6.04 Å². The number of aromatic nitrogens is 4. The van der Waals surface area contributed by atoms with Crippen LogP contribution in [0.4, 0.5) is 0 Å². The van der Waals surface area contributed by atoms with Gasteiger partial charge in [0.05, 0.1) is 19.3 Å². The van der Waals surface area contributed by atoms with Crippen LogP contribution in [0.1, 0.15) is 23.9 Å². The summed E-state index contributed by atoms with van der Waals surface area (Å²) < 4.78 is 7.25. The molecule has 0 unspecified atom stereocenters. The molecule has 0 saturated heterocycles. The minimum Gasteiger partial charge on any atom is -0.338 e. The lowest BCUT2D eigenvalue weighted by Crippen LogP contribution is -2.30. The molecule has 0 aliphatic rings. The molecular formula is C17H21N5O. The molecule has 1 N–H and O–H groups in total. The van der Waals surface area contributed by atoms with Crippen molar-refractivity contribution in [1.29, 1.82) is 0 Å². The van der Waals surface area contributed by atoms with Gasteiger partial charge in [-0.3, -0.25) is 4.68 Å². The Bertz CT molecular complexity index is 777. The quantitative estimate of drug-likeness (QED) is 0.758. The second-order valence-electron chi connectivity index (χ2n) is 5.90. The minimum atomic E-state index is 0.253. The van der Waals surface area contributed by atoms with Crippen LogP contribution in [0, 0.1) is 13.8 Å². The number of hydrogen-bond acceptors (Lipinski definition) is 5. The molecule has 23 heavy (non-hydrogen) atoms. The van der Waals surface area contributed by atoms with Crippen LogP contribution in [-0.4, -0.2) is 26.0 Å². The van der Waals surface area contributed by atoms with Gasteiger partial charge in [-0.15, -0.1) is 0 Å². The molecule has 2 heterocycles. The van der Waals surface area contributed by atoms with Crippen LogP contribution in [0.2, 0.25) is 0 Å². The maximum absolute atomic E-state index is 5.32. The molecule has 2 aromatic heterocycles. The van der Waals surface area contributed by atoms with Crippen molar-refractivity contribution in [2.24, 2.45) is 0 Å². The molecule has 0 spiro atoms. The first-order valence-corrected chi connectivity index (χ1v) is 7.72. The first kappa shape index (κ1) is 15.4. The molecule has 0 aliphatic carbocycles. The number of benzene rings is 1. The van der Waals surface area contributed by atoms with Gasteiger partial charge in [-0.05, 0) is 32.4 Å². The lowest BCUT2D eigenvalue weighted by atomic mass is 10.1. The van der Waals surface area contributed by atoms with E-state index in [0.29, 0.717) is 18.3 Å². The zero-order chi connectivity index (χ0) is 16.2. The van der Waals surface area contributed by atoms with Crippen LogP contribution < -0.4 is 5.32 Å². The summed E-state index contributed by atoms with van der Waals surface area (Å²) in [6.45, 7) is 7.53. The summed E-state index contributed by atoms with van der Waals surface area (Å²) in [5.41, 5.74) is 3.31. The average molecular weight is 311 g/mol. The molecule has 0 saturated carbocycles. The van der Waals surface area contributed by atoms with Crippen LogP contribution in [0.25, 0.3) is 11.4 Å². The van der Waals surface area contributed by atoms with Crippen LogP contribution in [-0.2, 0) is 13.1 Å². The maximum Gasteiger partial charge on any atom is 0.240 e. The lowest BCUT2D eigenvalue weighted by molar-refractivity contribution is 0.350. The van der Waals surface area contributed by atoms with Gasteiger partial charge in [-0.1, -0.05) is 28.9 Å². The van der Waals surface area contributed by atoms with Crippen molar-refractivity contribution in [3.63, 3.8) is 0 Å². The SMILES string of the molecule is Cc1cccc(-c2noc(CN[C@H](C)Cn3cc(C)cn3)n2)c1. The third-order valence-electron chi connectivity index (χ3n) is 3.57. The molecule has 0 radical (unpaired) electrons. The Hall–Kier alpha value is -2.47. The normalized spacial score (nSPS) is 12.5. The number of aryl methyl sites for hydroxylation is 2.